The topological polar surface area (TPSA) is 93.1 Å². The van der Waals surface area contributed by atoms with Crippen molar-refractivity contribution in [1.82, 2.24) is 15.2 Å². The molecule has 0 saturated carbocycles. The number of aliphatic imine (C=N–C) groups is 1. The minimum absolute atomic E-state index is 0.166. The molecule has 0 atom stereocenters. The van der Waals surface area contributed by atoms with Crippen LogP contribution in [-0.2, 0) is 5.41 Å². The summed E-state index contributed by atoms with van der Waals surface area (Å²) < 4.78 is 15.0. The molecule has 46 heavy (non-hydrogen) atoms. The van der Waals surface area contributed by atoms with Gasteiger partial charge < -0.3 is 20.2 Å². The van der Waals surface area contributed by atoms with Gasteiger partial charge in [-0.25, -0.2) is 19.2 Å². The lowest BCUT2D eigenvalue weighted by molar-refractivity contribution is 0.125. The maximum absolute atomic E-state index is 14.1. The minimum Gasteiger partial charge on any atom is -0.506 e. The van der Waals surface area contributed by atoms with Crippen LogP contribution in [0.1, 0.15) is 45.6 Å². The van der Waals surface area contributed by atoms with Crippen molar-refractivity contribution in [3.8, 4) is 16.3 Å². The molecular weight excluding hydrogens is 623 g/mol. The summed E-state index contributed by atoms with van der Waals surface area (Å²) in [5.74, 6) is 0.256. The summed E-state index contributed by atoms with van der Waals surface area (Å²) in [5.41, 5.74) is 4.62. The number of hydrogen-bond donors (Lipinski definition) is 3. The van der Waals surface area contributed by atoms with Crippen LogP contribution in [0.25, 0.3) is 20.8 Å². The number of nitrogens with one attached hydrogen (secondary N) is 2. The molecule has 1 saturated heterocycles. The second-order valence-corrected chi connectivity index (χ2v) is 15.0. The molecule has 3 aliphatic rings. The van der Waals surface area contributed by atoms with Gasteiger partial charge >= 0.3 is 6.03 Å². The SMILES string of the molecule is CC(C)(C)CN1CCC2(CC1)CN(c1ccccc1NC(=O)NC1=CCC(Cl)=N1)c1c(O)ccc(-c3nc4cc(F)ccc4s3)c12. The minimum atomic E-state index is -0.432. The van der Waals surface area contributed by atoms with Gasteiger partial charge in [0.15, 0.2) is 0 Å². The fourth-order valence-electron chi connectivity index (χ4n) is 7.04. The number of aromatic hydroxyl groups is 1. The molecule has 1 fully saturated rings. The van der Waals surface area contributed by atoms with Gasteiger partial charge in [-0.3, -0.25) is 5.32 Å². The van der Waals surface area contributed by atoms with Crippen molar-refractivity contribution < 1.29 is 14.3 Å². The average Bonchev–Trinajstić information content (AvgIpc) is 3.70. The zero-order valence-electron chi connectivity index (χ0n) is 26.0. The number of hydrogen-bond acceptors (Lipinski definition) is 7. The highest BCUT2D eigenvalue weighted by Crippen LogP contribution is 2.57. The summed E-state index contributed by atoms with van der Waals surface area (Å²) in [7, 11) is 0. The van der Waals surface area contributed by atoms with Gasteiger partial charge in [-0.05, 0) is 79.4 Å². The summed E-state index contributed by atoms with van der Waals surface area (Å²) in [6, 6.07) is 15.6. The van der Waals surface area contributed by atoms with Crippen molar-refractivity contribution in [2.24, 2.45) is 10.4 Å². The molecular formula is C35H36ClFN6O2S. The van der Waals surface area contributed by atoms with Crippen molar-refractivity contribution in [2.45, 2.75) is 45.4 Å². The van der Waals surface area contributed by atoms with E-state index in [1.165, 1.54) is 23.5 Å². The molecule has 238 valence electrons. The molecule has 3 N–H and O–H groups in total. The van der Waals surface area contributed by atoms with Gasteiger partial charge in [0.25, 0.3) is 0 Å². The van der Waals surface area contributed by atoms with Crippen molar-refractivity contribution in [2.75, 3.05) is 36.4 Å². The van der Waals surface area contributed by atoms with Gasteiger partial charge in [0.2, 0.25) is 0 Å². The average molecular weight is 659 g/mol. The third-order valence-corrected chi connectivity index (χ3v) is 10.2. The van der Waals surface area contributed by atoms with Crippen LogP contribution in [0.5, 0.6) is 5.75 Å². The summed E-state index contributed by atoms with van der Waals surface area (Å²) in [4.78, 5) is 26.8. The Morgan fingerprint density at radius 1 is 1.11 bits per heavy atom. The molecule has 3 aliphatic heterocycles. The third-order valence-electron chi connectivity index (χ3n) is 8.90. The van der Waals surface area contributed by atoms with E-state index in [0.717, 1.165) is 64.7 Å². The predicted octanol–water partition coefficient (Wildman–Crippen LogP) is 8.34. The van der Waals surface area contributed by atoms with Crippen molar-refractivity contribution in [3.63, 3.8) is 0 Å². The van der Waals surface area contributed by atoms with Crippen LogP contribution in [0.3, 0.4) is 0 Å². The number of allylic oxidation sites excluding steroid dienone is 1. The van der Waals surface area contributed by atoms with Crippen LogP contribution in [0, 0.1) is 11.2 Å². The van der Waals surface area contributed by atoms with E-state index in [1.54, 1.807) is 18.2 Å². The maximum atomic E-state index is 14.1. The fourth-order valence-corrected chi connectivity index (χ4v) is 8.18. The summed E-state index contributed by atoms with van der Waals surface area (Å²) in [6.07, 6.45) is 4.03. The number of aromatic nitrogens is 1. The Kier molecular flexibility index (Phi) is 7.77. The van der Waals surface area contributed by atoms with Crippen LogP contribution in [0.4, 0.5) is 26.2 Å². The lowest BCUT2D eigenvalue weighted by Gasteiger charge is -2.42. The number of phenolic OH excluding ortho intramolecular Hbond substituents is 1. The number of nitrogens with zero attached hydrogens (tertiary/aromatic N) is 4. The Bertz CT molecular complexity index is 1910. The predicted molar refractivity (Wildman–Crippen MR) is 185 cm³/mol. The second-order valence-electron chi connectivity index (χ2n) is 13.6. The lowest BCUT2D eigenvalue weighted by atomic mass is 9.72. The number of likely N-dealkylation sites (tertiary alicyclic amines) is 1. The van der Waals surface area contributed by atoms with E-state index in [9.17, 15) is 14.3 Å². The number of halogens is 2. The smallest absolute Gasteiger partial charge is 0.324 e. The number of para-hydroxylation sites is 2. The highest BCUT2D eigenvalue weighted by atomic mass is 35.5. The molecule has 0 aliphatic carbocycles. The van der Waals surface area contributed by atoms with Gasteiger partial charge in [0, 0.05) is 36.6 Å². The molecule has 2 amide bonds. The Hall–Kier alpha value is -3.99. The van der Waals surface area contributed by atoms with Gasteiger partial charge in [0.1, 0.15) is 27.6 Å². The number of fused-ring (bicyclic) bond motifs is 3. The number of carbonyl (C=O) groups excluding carboxylic acids is 1. The van der Waals surface area contributed by atoms with Crippen molar-refractivity contribution in [3.05, 3.63) is 77.9 Å². The summed E-state index contributed by atoms with van der Waals surface area (Å²) >= 11 is 7.53. The molecule has 0 radical (unpaired) electrons. The molecule has 4 aromatic rings. The lowest BCUT2D eigenvalue weighted by Crippen LogP contribution is -2.47. The number of rotatable bonds is 5. The Morgan fingerprint density at radius 2 is 1.89 bits per heavy atom. The molecule has 11 heteroatoms. The van der Waals surface area contributed by atoms with E-state index in [0.29, 0.717) is 35.2 Å². The van der Waals surface area contributed by atoms with Crippen LogP contribution in [-0.4, -0.2) is 52.4 Å². The van der Waals surface area contributed by atoms with Crippen LogP contribution < -0.4 is 15.5 Å². The Labute approximate surface area is 276 Å². The number of thiazole rings is 1. The molecule has 1 spiro atoms. The fraction of sp³-hybridized carbons (Fsp3) is 0.343. The highest BCUT2D eigenvalue weighted by molar-refractivity contribution is 7.21. The van der Waals surface area contributed by atoms with Crippen LogP contribution in [0.2, 0.25) is 0 Å². The molecule has 0 unspecified atom stereocenters. The van der Waals surface area contributed by atoms with Gasteiger partial charge in [0.05, 0.1) is 27.3 Å². The molecule has 8 nitrogen and oxygen atoms in total. The van der Waals surface area contributed by atoms with Gasteiger partial charge in [-0.2, -0.15) is 0 Å². The Morgan fingerprint density at radius 3 is 2.63 bits per heavy atom. The van der Waals surface area contributed by atoms with Crippen molar-refractivity contribution in [1.29, 1.82) is 0 Å². The number of piperidine rings is 1. The second kappa shape index (κ2) is 11.7. The quantitative estimate of drug-likeness (QED) is 0.200. The first-order valence-corrected chi connectivity index (χ1v) is 16.7. The number of urea groups is 1. The summed E-state index contributed by atoms with van der Waals surface area (Å²) in [6.45, 7) is 10.3. The van der Waals surface area contributed by atoms with Gasteiger partial charge in [-0.1, -0.05) is 44.5 Å². The number of benzene rings is 3. The van der Waals surface area contributed by atoms with Crippen LogP contribution in [0.15, 0.2) is 71.5 Å². The third kappa shape index (κ3) is 5.85. The van der Waals surface area contributed by atoms with E-state index >= 15 is 0 Å². The first-order chi connectivity index (χ1) is 22.0. The Balaban J connectivity index is 1.31. The normalized spacial score (nSPS) is 17.7. The first kappa shape index (κ1) is 30.7. The van der Waals surface area contributed by atoms with Crippen LogP contribution >= 0.6 is 22.9 Å². The molecule has 4 heterocycles. The zero-order chi connectivity index (χ0) is 32.2. The van der Waals surface area contributed by atoms with E-state index < -0.39 is 6.03 Å². The number of phenols is 1. The molecule has 3 aromatic carbocycles. The zero-order valence-corrected chi connectivity index (χ0v) is 27.6. The largest absolute Gasteiger partial charge is 0.506 e. The number of amides is 2. The summed E-state index contributed by atoms with van der Waals surface area (Å²) in [5, 5.41) is 18.5. The first-order valence-electron chi connectivity index (χ1n) is 15.5. The standard InChI is InChI=1S/C35H36ClFN6O2S/c1-34(2,3)19-42-16-14-35(15-17-42)20-43(25-7-5-4-6-23(25)39-33(45)41-29-13-12-28(36)40-29)31-26(44)10-9-22(30(31)35)32-38-24-18-21(37)8-11-27(24)46-32/h4-11,13,18,44H,12,14-17,19-20H2,1-3H3,(H2,39,41,45). The number of carbonyl (C=O) groups is 1. The molecule has 1 aromatic heterocycles. The number of anilines is 3. The van der Waals surface area contributed by atoms with E-state index in [-0.39, 0.29) is 22.4 Å². The van der Waals surface area contributed by atoms with Crippen molar-refractivity contribution >= 4 is 61.4 Å². The van der Waals surface area contributed by atoms with Gasteiger partial charge in [-0.15, -0.1) is 11.3 Å². The van der Waals surface area contributed by atoms with E-state index in [1.807, 2.05) is 30.3 Å². The highest BCUT2D eigenvalue weighted by Gasteiger charge is 2.48. The molecule has 7 rings (SSSR count). The monoisotopic (exact) mass is 658 g/mol. The molecule has 0 bridgehead atoms. The van der Waals surface area contributed by atoms with E-state index in [2.05, 4.69) is 46.2 Å². The van der Waals surface area contributed by atoms with E-state index in [4.69, 9.17) is 16.6 Å². The maximum Gasteiger partial charge on any atom is 0.324 e.